The lowest BCUT2D eigenvalue weighted by Gasteiger charge is -2.22. The molecule has 0 fully saturated rings. The Morgan fingerprint density at radius 1 is 1.50 bits per heavy atom. The van der Waals surface area contributed by atoms with Gasteiger partial charge in [0.05, 0.1) is 19.8 Å². The van der Waals surface area contributed by atoms with Crippen LogP contribution in [0.3, 0.4) is 0 Å². The first-order valence-electron chi connectivity index (χ1n) is 5.55. The van der Waals surface area contributed by atoms with E-state index in [-0.39, 0.29) is 17.4 Å². The maximum atomic E-state index is 13.1. The molecule has 1 aromatic rings. The Bertz CT molecular complexity index is 415. The summed E-state index contributed by atoms with van der Waals surface area (Å²) in [5, 5.41) is 8.58. The van der Waals surface area contributed by atoms with Crippen molar-refractivity contribution in [3.8, 4) is 0 Å². The molecule has 0 amide bonds. The Hall–Kier alpha value is -1.24. The quantitative estimate of drug-likeness (QED) is 0.570. The predicted octanol–water partition coefficient (Wildman–Crippen LogP) is 0.905. The maximum Gasteiger partial charge on any atom is 0.124 e. The van der Waals surface area contributed by atoms with Crippen molar-refractivity contribution in [3.05, 3.63) is 29.6 Å². The molecule has 0 spiro atoms. The first-order chi connectivity index (χ1) is 8.56. The Labute approximate surface area is 111 Å². The number of hydrogen-bond donors (Lipinski definition) is 2. The molecule has 1 aromatic carbocycles. The predicted molar refractivity (Wildman–Crippen MR) is 73.5 cm³/mol. The maximum absolute atomic E-state index is 13.1. The van der Waals surface area contributed by atoms with Gasteiger partial charge in [0.2, 0.25) is 0 Å². The van der Waals surface area contributed by atoms with Crippen molar-refractivity contribution >= 4 is 22.9 Å². The topological polar surface area (TPSA) is 58.7 Å². The number of aliphatic hydroxyl groups is 1. The molecule has 0 atom stereocenters. The summed E-state index contributed by atoms with van der Waals surface area (Å²) in [5.41, 5.74) is 6.84. The minimum atomic E-state index is -0.369. The smallest absolute Gasteiger partial charge is 0.124 e. The minimum absolute atomic E-state index is 0.00159. The normalized spacial score (nSPS) is 10.4. The van der Waals surface area contributed by atoms with E-state index in [0.717, 1.165) is 5.69 Å². The molecule has 0 unspecified atom stereocenters. The van der Waals surface area contributed by atoms with Crippen LogP contribution in [-0.2, 0) is 4.74 Å². The van der Waals surface area contributed by atoms with Gasteiger partial charge in [-0.15, -0.1) is 0 Å². The monoisotopic (exact) mass is 272 g/mol. The molecule has 100 valence electrons. The summed E-state index contributed by atoms with van der Waals surface area (Å²) < 4.78 is 18.3. The summed E-state index contributed by atoms with van der Waals surface area (Å²) in [6, 6.07) is 4.32. The van der Waals surface area contributed by atoms with Crippen molar-refractivity contribution in [3.63, 3.8) is 0 Å². The highest BCUT2D eigenvalue weighted by Crippen LogP contribution is 2.20. The number of benzene rings is 1. The van der Waals surface area contributed by atoms with Crippen LogP contribution in [0.1, 0.15) is 5.56 Å². The van der Waals surface area contributed by atoms with E-state index in [4.69, 9.17) is 27.8 Å². The summed E-state index contributed by atoms with van der Waals surface area (Å²) in [5.74, 6) is -0.369. The zero-order chi connectivity index (χ0) is 13.5. The van der Waals surface area contributed by atoms with Crippen molar-refractivity contribution in [2.45, 2.75) is 0 Å². The van der Waals surface area contributed by atoms with Gasteiger partial charge in [0.1, 0.15) is 10.8 Å². The highest BCUT2D eigenvalue weighted by Gasteiger charge is 2.10. The molecule has 0 saturated heterocycles. The Balaban J connectivity index is 2.72. The van der Waals surface area contributed by atoms with Crippen LogP contribution in [0.25, 0.3) is 0 Å². The summed E-state index contributed by atoms with van der Waals surface area (Å²) in [4.78, 5) is 2.04. The SMILES string of the molecule is CN(CCOCCO)c1ccc(F)cc1C(N)=S. The molecule has 18 heavy (non-hydrogen) atoms. The lowest BCUT2D eigenvalue weighted by Crippen LogP contribution is -2.26. The summed E-state index contributed by atoms with van der Waals surface area (Å²) in [7, 11) is 1.84. The van der Waals surface area contributed by atoms with E-state index >= 15 is 0 Å². The van der Waals surface area contributed by atoms with Gasteiger partial charge in [-0.05, 0) is 18.2 Å². The largest absolute Gasteiger partial charge is 0.394 e. The number of hydrogen-bond acceptors (Lipinski definition) is 4. The van der Waals surface area contributed by atoms with E-state index in [0.29, 0.717) is 25.3 Å². The average Bonchev–Trinajstić information content (AvgIpc) is 2.34. The third kappa shape index (κ3) is 4.21. The molecule has 0 aromatic heterocycles. The average molecular weight is 272 g/mol. The second kappa shape index (κ2) is 7.25. The molecule has 1 rings (SSSR count). The number of halogens is 1. The van der Waals surface area contributed by atoms with Gasteiger partial charge < -0.3 is 20.5 Å². The summed E-state index contributed by atoms with van der Waals surface area (Å²) in [6.07, 6.45) is 0. The lowest BCUT2D eigenvalue weighted by molar-refractivity contribution is 0.0971. The van der Waals surface area contributed by atoms with Crippen molar-refractivity contribution in [1.82, 2.24) is 0 Å². The number of thiocarbonyl (C=S) groups is 1. The number of nitrogens with two attached hydrogens (primary N) is 1. The lowest BCUT2D eigenvalue weighted by atomic mass is 10.1. The van der Waals surface area contributed by atoms with Crippen LogP contribution in [0.2, 0.25) is 0 Å². The second-order valence-corrected chi connectivity index (χ2v) is 4.22. The highest BCUT2D eigenvalue weighted by molar-refractivity contribution is 7.80. The van der Waals surface area contributed by atoms with Gasteiger partial charge in [0, 0.05) is 24.8 Å². The van der Waals surface area contributed by atoms with Crippen molar-refractivity contribution in [1.29, 1.82) is 0 Å². The van der Waals surface area contributed by atoms with Crippen LogP contribution < -0.4 is 10.6 Å². The number of ether oxygens (including phenoxy) is 1. The second-order valence-electron chi connectivity index (χ2n) is 3.78. The molecule has 0 aliphatic carbocycles. The van der Waals surface area contributed by atoms with E-state index in [1.165, 1.54) is 12.1 Å². The van der Waals surface area contributed by atoms with Gasteiger partial charge in [-0.25, -0.2) is 4.39 Å². The van der Waals surface area contributed by atoms with Crippen molar-refractivity contribution in [2.75, 3.05) is 38.3 Å². The van der Waals surface area contributed by atoms with E-state index in [9.17, 15) is 4.39 Å². The Morgan fingerprint density at radius 3 is 2.83 bits per heavy atom. The standard InChI is InChI=1S/C12H17FN2O2S/c1-15(4-6-17-7-5-16)11-3-2-9(13)8-10(11)12(14)18/h2-3,8,16H,4-7H2,1H3,(H2,14,18). The van der Waals surface area contributed by atoms with E-state index in [2.05, 4.69) is 0 Å². The van der Waals surface area contributed by atoms with Crippen molar-refractivity contribution in [2.24, 2.45) is 5.73 Å². The summed E-state index contributed by atoms with van der Waals surface area (Å²) in [6.45, 7) is 1.37. The molecule has 0 aliphatic heterocycles. The molecule has 4 nitrogen and oxygen atoms in total. The zero-order valence-corrected chi connectivity index (χ0v) is 11.0. The van der Waals surface area contributed by atoms with Crippen LogP contribution in [0, 0.1) is 5.82 Å². The van der Waals surface area contributed by atoms with Gasteiger partial charge >= 0.3 is 0 Å². The number of aliphatic hydroxyl groups excluding tert-OH is 1. The van der Waals surface area contributed by atoms with E-state index in [1.54, 1.807) is 6.07 Å². The number of rotatable bonds is 7. The molecular weight excluding hydrogens is 255 g/mol. The van der Waals surface area contributed by atoms with Gasteiger partial charge in [-0.2, -0.15) is 0 Å². The molecule has 0 aliphatic rings. The molecule has 0 bridgehead atoms. The van der Waals surface area contributed by atoms with Gasteiger partial charge in [-0.1, -0.05) is 12.2 Å². The van der Waals surface area contributed by atoms with Gasteiger partial charge in [0.15, 0.2) is 0 Å². The van der Waals surface area contributed by atoms with E-state index < -0.39 is 0 Å². The van der Waals surface area contributed by atoms with Crippen LogP contribution in [0.15, 0.2) is 18.2 Å². The first-order valence-corrected chi connectivity index (χ1v) is 5.96. The zero-order valence-electron chi connectivity index (χ0n) is 10.2. The molecule has 3 N–H and O–H groups in total. The number of anilines is 1. The Kier molecular flexibility index (Phi) is 5.97. The molecular formula is C12H17FN2O2S. The van der Waals surface area contributed by atoms with Crippen molar-refractivity contribution < 1.29 is 14.2 Å². The van der Waals surface area contributed by atoms with Crippen LogP contribution in [0.4, 0.5) is 10.1 Å². The fraction of sp³-hybridized carbons (Fsp3) is 0.417. The summed E-state index contributed by atoms with van der Waals surface area (Å²) >= 11 is 4.90. The molecule has 0 heterocycles. The number of nitrogens with zero attached hydrogens (tertiary/aromatic N) is 1. The number of likely N-dealkylation sites (N-methyl/N-ethyl adjacent to an activating group) is 1. The Morgan fingerprint density at radius 2 is 2.22 bits per heavy atom. The fourth-order valence-electron chi connectivity index (χ4n) is 1.53. The van der Waals surface area contributed by atoms with Crippen LogP contribution in [0.5, 0.6) is 0 Å². The molecule has 0 radical (unpaired) electrons. The fourth-order valence-corrected chi connectivity index (χ4v) is 1.69. The molecule has 6 heteroatoms. The molecule has 0 saturated carbocycles. The van der Waals surface area contributed by atoms with Gasteiger partial charge in [0.25, 0.3) is 0 Å². The van der Waals surface area contributed by atoms with Crippen LogP contribution >= 0.6 is 12.2 Å². The van der Waals surface area contributed by atoms with Crippen LogP contribution in [-0.4, -0.2) is 43.5 Å². The third-order valence-electron chi connectivity index (χ3n) is 2.44. The van der Waals surface area contributed by atoms with Gasteiger partial charge in [-0.3, -0.25) is 0 Å². The first kappa shape index (κ1) is 14.8. The minimum Gasteiger partial charge on any atom is -0.394 e. The highest BCUT2D eigenvalue weighted by atomic mass is 32.1. The third-order valence-corrected chi connectivity index (χ3v) is 2.66. The van der Waals surface area contributed by atoms with E-state index in [1.807, 2.05) is 11.9 Å².